The van der Waals surface area contributed by atoms with E-state index in [2.05, 4.69) is 66.8 Å². The monoisotopic (exact) mass is 953 g/mol. The number of aliphatic carboxylic acids is 1. The number of carboxylic acid groups (broad SMARTS) is 1. The van der Waals surface area contributed by atoms with Gasteiger partial charge in [-0.1, -0.05) is 19.6 Å². The minimum absolute atomic E-state index is 0. The van der Waals surface area contributed by atoms with Crippen molar-refractivity contribution in [2.24, 2.45) is 0 Å². The molecule has 0 atom stereocenters. The van der Waals surface area contributed by atoms with Crippen LogP contribution in [0.1, 0.15) is 77.2 Å². The van der Waals surface area contributed by atoms with Crippen LogP contribution in [0.2, 0.25) is 0 Å². The fraction of sp³-hybridized carbons (Fsp3) is 0.429. The van der Waals surface area contributed by atoms with Crippen LogP contribution in [0.5, 0.6) is 0 Å². The number of nitrogens with one attached hydrogen (secondary N) is 1. The number of carboxylic acids is 1. The van der Waals surface area contributed by atoms with E-state index in [1.54, 1.807) is 13.7 Å². The van der Waals surface area contributed by atoms with Gasteiger partial charge in [-0.3, -0.25) is 29.4 Å². The molecule has 2 saturated heterocycles. The molecule has 8 aromatic heterocycles. The Morgan fingerprint density at radius 2 is 1.04 bits per heavy atom. The lowest BCUT2D eigenvalue weighted by Crippen LogP contribution is -2.48. The number of fused-ring (bicyclic) bond motifs is 2. The smallest absolute Gasteiger partial charge is 0.303 e. The van der Waals surface area contributed by atoms with Crippen molar-refractivity contribution in [1.82, 2.24) is 89.2 Å². The van der Waals surface area contributed by atoms with Crippen LogP contribution in [0.25, 0.3) is 22.9 Å². The molecule has 0 aromatic carbocycles. The molecular formula is C49H64N18O3. The van der Waals surface area contributed by atoms with Crippen LogP contribution in [0.3, 0.4) is 0 Å². The van der Waals surface area contributed by atoms with Gasteiger partial charge in [0.05, 0.1) is 22.8 Å². The van der Waals surface area contributed by atoms with Gasteiger partial charge in [0.1, 0.15) is 0 Å². The van der Waals surface area contributed by atoms with Crippen molar-refractivity contribution in [2.45, 2.75) is 87.7 Å². The summed E-state index contributed by atoms with van der Waals surface area (Å²) in [6.07, 6.45) is 5.37. The van der Waals surface area contributed by atoms with Gasteiger partial charge in [-0.25, -0.2) is 9.36 Å². The topological polar surface area (TPSA) is 224 Å². The molecular weight excluding hydrogens is 889 g/mol. The highest BCUT2D eigenvalue weighted by atomic mass is 16.4. The number of amides is 1. The highest BCUT2D eigenvalue weighted by Crippen LogP contribution is 2.21. The van der Waals surface area contributed by atoms with Gasteiger partial charge < -0.3 is 15.3 Å². The quantitative estimate of drug-likeness (QED) is 0.174. The van der Waals surface area contributed by atoms with E-state index in [0.29, 0.717) is 48.0 Å². The SMILES string of the molecule is C.Cc1nn(-c2ccc3nnc(C)n3n2)c(C)c1CCC(=O)N1CCN(Cc2ccccn2)CC1.Cc1nn(-c2ccc3nnc(C)n3n2)c(C)c1CCC(=O)O.c1ccc(CN2CCNCC2)nc1. The molecule has 1 amide bonds. The molecule has 0 bridgehead atoms. The number of aromatic nitrogens is 14. The second kappa shape index (κ2) is 23.3. The Labute approximate surface area is 407 Å². The first-order valence-electron chi connectivity index (χ1n) is 23.4. The first-order chi connectivity index (χ1) is 33.4. The number of nitrogens with zero attached hydrogens (tertiary/aromatic N) is 17. The van der Waals surface area contributed by atoms with Gasteiger partial charge in [-0.15, -0.1) is 30.6 Å². The number of aryl methyl sites for hydroxylation is 4. The Morgan fingerprint density at radius 1 is 0.571 bits per heavy atom. The van der Waals surface area contributed by atoms with E-state index in [-0.39, 0.29) is 19.8 Å². The van der Waals surface area contributed by atoms with Gasteiger partial charge >= 0.3 is 5.97 Å². The van der Waals surface area contributed by atoms with Crippen LogP contribution in [0.15, 0.2) is 73.1 Å². The standard InChI is InChI=1S/C24H29N9O.C14H16N6O2.C10H15N3.CH4/c1-17-21(18(2)32(28-17)23-9-8-22-27-26-19(3)33(22)29-23)7-10-24(34)31-14-12-30(13-15-31)16-20-6-4-5-11-25-20;1-8-11(4-7-14(21)22)9(2)19(17-8)13-6-5-12-16-15-10(3)20(12)18-13;1-2-4-12-10(3-1)9-13-7-5-11-6-8-13;/h4-6,8-9,11H,7,10,12-16H2,1-3H3;5-6H,4,7H2,1-3H3,(H,21,22);1-4,11H,5-9H2;1H4. The van der Waals surface area contributed by atoms with Crippen LogP contribution in [-0.2, 0) is 35.5 Å². The van der Waals surface area contributed by atoms with Crippen LogP contribution in [0, 0.1) is 41.5 Å². The van der Waals surface area contributed by atoms with E-state index in [4.69, 9.17) is 10.2 Å². The van der Waals surface area contributed by atoms with E-state index in [1.807, 2.05) is 118 Å². The summed E-state index contributed by atoms with van der Waals surface area (Å²) < 4.78 is 6.93. The summed E-state index contributed by atoms with van der Waals surface area (Å²) in [6.45, 7) is 21.1. The van der Waals surface area contributed by atoms with Crippen LogP contribution in [0.4, 0.5) is 0 Å². The number of hydrogen-bond donors (Lipinski definition) is 2. The average molecular weight is 953 g/mol. The van der Waals surface area contributed by atoms with Crippen molar-refractivity contribution in [3.63, 3.8) is 0 Å². The summed E-state index contributed by atoms with van der Waals surface area (Å²) in [5, 5.41) is 46.6. The fourth-order valence-corrected chi connectivity index (χ4v) is 8.61. The zero-order valence-corrected chi connectivity index (χ0v) is 40.2. The Morgan fingerprint density at radius 3 is 1.50 bits per heavy atom. The Bertz CT molecular complexity index is 2980. The molecule has 21 nitrogen and oxygen atoms in total. The maximum Gasteiger partial charge on any atom is 0.303 e. The summed E-state index contributed by atoms with van der Waals surface area (Å²) in [6, 6.07) is 19.5. The first kappa shape index (κ1) is 50.5. The molecule has 21 heteroatoms. The van der Waals surface area contributed by atoms with E-state index in [1.165, 1.54) is 5.69 Å². The molecule has 0 aliphatic carbocycles. The minimum Gasteiger partial charge on any atom is -0.481 e. The van der Waals surface area contributed by atoms with Gasteiger partial charge in [-0.2, -0.15) is 19.2 Å². The fourth-order valence-electron chi connectivity index (χ4n) is 8.61. The second-order valence-corrected chi connectivity index (χ2v) is 17.3. The molecule has 70 heavy (non-hydrogen) atoms. The third-order valence-corrected chi connectivity index (χ3v) is 12.5. The average Bonchev–Trinajstić information content (AvgIpc) is 4.10. The lowest BCUT2D eigenvalue weighted by molar-refractivity contribution is -0.137. The predicted molar refractivity (Wildman–Crippen MR) is 264 cm³/mol. The molecule has 2 aliphatic heterocycles. The van der Waals surface area contributed by atoms with E-state index < -0.39 is 5.97 Å². The van der Waals surface area contributed by atoms with Crippen molar-refractivity contribution < 1.29 is 14.7 Å². The van der Waals surface area contributed by atoms with Gasteiger partial charge in [0.25, 0.3) is 0 Å². The number of rotatable bonds is 12. The number of piperazine rings is 2. The number of carbonyl (C=O) groups is 2. The predicted octanol–water partition coefficient (Wildman–Crippen LogP) is 4.28. The third kappa shape index (κ3) is 12.3. The van der Waals surface area contributed by atoms with Gasteiger partial charge in [0.15, 0.2) is 34.6 Å². The molecule has 10 rings (SSSR count). The maximum absolute atomic E-state index is 12.9. The Kier molecular flexibility index (Phi) is 16.8. The zero-order chi connectivity index (χ0) is 48.4. The molecule has 8 aromatic rings. The summed E-state index contributed by atoms with van der Waals surface area (Å²) in [7, 11) is 0. The number of pyridine rings is 2. The largest absolute Gasteiger partial charge is 0.481 e. The van der Waals surface area contributed by atoms with Crippen LogP contribution >= 0.6 is 0 Å². The summed E-state index contributed by atoms with van der Waals surface area (Å²) in [4.78, 5) is 39.2. The molecule has 2 N–H and O–H groups in total. The van der Waals surface area contributed by atoms with E-state index >= 15 is 0 Å². The lowest BCUT2D eigenvalue weighted by atomic mass is 10.1. The summed E-state index contributed by atoms with van der Waals surface area (Å²) in [5.74, 6) is 2.17. The Hall–Kier alpha value is -7.36. The van der Waals surface area contributed by atoms with Crippen molar-refractivity contribution in [3.8, 4) is 11.6 Å². The number of hydrogen-bond acceptors (Lipinski definition) is 15. The molecule has 2 fully saturated rings. The third-order valence-electron chi connectivity index (χ3n) is 12.5. The zero-order valence-electron chi connectivity index (χ0n) is 40.2. The summed E-state index contributed by atoms with van der Waals surface area (Å²) >= 11 is 0. The van der Waals surface area contributed by atoms with Gasteiger partial charge in [0.2, 0.25) is 5.91 Å². The van der Waals surface area contributed by atoms with Gasteiger partial charge in [0, 0.05) is 102 Å². The maximum atomic E-state index is 12.9. The Balaban J connectivity index is 0.000000171. The second-order valence-electron chi connectivity index (χ2n) is 17.3. The van der Waals surface area contributed by atoms with E-state index in [9.17, 15) is 9.59 Å². The minimum atomic E-state index is -0.814. The van der Waals surface area contributed by atoms with Crippen molar-refractivity contribution in [3.05, 3.63) is 130 Å². The molecule has 0 radical (unpaired) electrons. The van der Waals surface area contributed by atoms with Crippen LogP contribution < -0.4 is 5.32 Å². The van der Waals surface area contributed by atoms with Gasteiger partial charge in [-0.05, 0) is 114 Å². The molecule has 10 heterocycles. The highest BCUT2D eigenvalue weighted by Gasteiger charge is 2.23. The molecule has 2 aliphatic rings. The number of carbonyl (C=O) groups excluding carboxylic acids is 1. The summed E-state index contributed by atoms with van der Waals surface area (Å²) in [5.41, 5.74) is 9.31. The molecule has 0 unspecified atom stereocenters. The van der Waals surface area contributed by atoms with Crippen LogP contribution in [-0.4, -0.2) is 153 Å². The lowest BCUT2D eigenvalue weighted by Gasteiger charge is -2.34. The molecule has 368 valence electrons. The normalized spacial score (nSPS) is 14.2. The highest BCUT2D eigenvalue weighted by molar-refractivity contribution is 5.76. The molecule has 0 saturated carbocycles. The van der Waals surface area contributed by atoms with Crippen molar-refractivity contribution in [2.75, 3.05) is 52.4 Å². The van der Waals surface area contributed by atoms with E-state index in [0.717, 1.165) is 111 Å². The van der Waals surface area contributed by atoms with Crippen molar-refractivity contribution in [1.29, 1.82) is 0 Å². The van der Waals surface area contributed by atoms with Crippen molar-refractivity contribution >= 4 is 23.2 Å². The molecule has 0 spiro atoms. The first-order valence-corrected chi connectivity index (χ1v) is 23.4.